The molecule has 0 aromatic carbocycles. The molecule has 1 N–H and O–H groups in total. The van der Waals surface area contributed by atoms with E-state index in [0.29, 0.717) is 0 Å². The van der Waals surface area contributed by atoms with E-state index in [9.17, 15) is 0 Å². The molecule has 2 fully saturated rings. The zero-order valence-corrected chi connectivity index (χ0v) is 11.8. The third kappa shape index (κ3) is 3.25. The summed E-state index contributed by atoms with van der Waals surface area (Å²) in [6.45, 7) is 6.93. The van der Waals surface area contributed by atoms with Crippen LogP contribution >= 0.6 is 0 Å². The van der Waals surface area contributed by atoms with Crippen LogP contribution in [0.1, 0.15) is 18.4 Å². The Morgan fingerprint density at radius 2 is 2.05 bits per heavy atom. The van der Waals surface area contributed by atoms with Crippen LogP contribution in [0.2, 0.25) is 0 Å². The number of hydrogen-bond donors (Lipinski definition) is 1. The van der Waals surface area contributed by atoms with Gasteiger partial charge in [0.2, 0.25) is 0 Å². The van der Waals surface area contributed by atoms with Crippen molar-refractivity contribution in [2.75, 3.05) is 44.7 Å². The number of hydrogen-bond acceptors (Lipinski definition) is 4. The Kier molecular flexibility index (Phi) is 3.99. The number of nitrogens with zero attached hydrogens (tertiary/aromatic N) is 3. The minimum atomic E-state index is 0.894. The normalized spacial score (nSPS) is 20.8. The third-order valence-electron chi connectivity index (χ3n) is 4.17. The van der Waals surface area contributed by atoms with Gasteiger partial charge in [-0.05, 0) is 31.9 Å². The molecular weight excluding hydrogens is 236 g/mol. The van der Waals surface area contributed by atoms with Crippen molar-refractivity contribution in [1.82, 2.24) is 15.2 Å². The number of anilines is 1. The zero-order valence-electron chi connectivity index (χ0n) is 11.8. The summed E-state index contributed by atoms with van der Waals surface area (Å²) in [6, 6.07) is 2.16. The highest BCUT2D eigenvalue weighted by atomic mass is 15.3. The second-order valence-corrected chi connectivity index (χ2v) is 5.77. The van der Waals surface area contributed by atoms with E-state index in [0.717, 1.165) is 25.6 Å². The molecule has 1 aliphatic heterocycles. The molecule has 0 amide bonds. The summed E-state index contributed by atoms with van der Waals surface area (Å²) in [6.07, 6.45) is 6.81. The van der Waals surface area contributed by atoms with E-state index >= 15 is 0 Å². The lowest BCUT2D eigenvalue weighted by Gasteiger charge is -2.37. The van der Waals surface area contributed by atoms with E-state index in [1.807, 2.05) is 19.4 Å². The highest BCUT2D eigenvalue weighted by Crippen LogP contribution is 2.30. The molecule has 0 atom stereocenters. The fraction of sp³-hybridized carbons (Fsp3) is 0.667. The number of pyridine rings is 1. The van der Waals surface area contributed by atoms with Gasteiger partial charge in [0.15, 0.2) is 0 Å². The highest BCUT2D eigenvalue weighted by molar-refractivity contribution is 5.52. The molecule has 104 valence electrons. The standard InChI is InChI=1S/C15H24N4/c1-16-10-14-11-17-5-4-15(14)19-8-6-18(7-9-19)12-13-2-3-13/h4-5,11,13,16H,2-3,6-10,12H2,1H3. The largest absolute Gasteiger partial charge is 0.369 e. The van der Waals surface area contributed by atoms with Crippen molar-refractivity contribution in [3.8, 4) is 0 Å². The Hall–Kier alpha value is -1.13. The molecule has 0 radical (unpaired) electrons. The SMILES string of the molecule is CNCc1cnccc1N1CCN(CC2CC2)CC1. The van der Waals surface area contributed by atoms with Gasteiger partial charge in [0.05, 0.1) is 0 Å². The number of nitrogens with one attached hydrogen (secondary N) is 1. The second-order valence-electron chi connectivity index (χ2n) is 5.77. The Labute approximate surface area is 115 Å². The summed E-state index contributed by atoms with van der Waals surface area (Å²) in [7, 11) is 1.99. The van der Waals surface area contributed by atoms with Crippen molar-refractivity contribution in [2.24, 2.45) is 5.92 Å². The quantitative estimate of drug-likeness (QED) is 0.865. The molecule has 2 heterocycles. The lowest BCUT2D eigenvalue weighted by atomic mass is 10.2. The van der Waals surface area contributed by atoms with Crippen LogP contribution in [0.5, 0.6) is 0 Å². The first-order valence-corrected chi connectivity index (χ1v) is 7.41. The Morgan fingerprint density at radius 3 is 2.74 bits per heavy atom. The maximum absolute atomic E-state index is 4.24. The molecule has 4 nitrogen and oxygen atoms in total. The van der Waals surface area contributed by atoms with Gasteiger partial charge in [-0.2, -0.15) is 0 Å². The molecule has 1 saturated heterocycles. The average Bonchev–Trinajstić information content (AvgIpc) is 3.25. The minimum Gasteiger partial charge on any atom is -0.369 e. The van der Waals surface area contributed by atoms with Gasteiger partial charge in [0.1, 0.15) is 0 Å². The molecule has 0 bridgehead atoms. The van der Waals surface area contributed by atoms with Crippen molar-refractivity contribution in [1.29, 1.82) is 0 Å². The Morgan fingerprint density at radius 1 is 1.26 bits per heavy atom. The van der Waals surface area contributed by atoms with Crippen molar-refractivity contribution in [2.45, 2.75) is 19.4 Å². The summed E-state index contributed by atoms with van der Waals surface area (Å²) in [5.74, 6) is 1.01. The number of aromatic nitrogens is 1. The van der Waals surface area contributed by atoms with Crippen LogP contribution in [-0.2, 0) is 6.54 Å². The molecule has 1 aliphatic carbocycles. The number of rotatable bonds is 5. The lowest BCUT2D eigenvalue weighted by molar-refractivity contribution is 0.248. The van der Waals surface area contributed by atoms with Gasteiger partial charge in [0, 0.05) is 62.9 Å². The first kappa shape index (κ1) is 12.9. The van der Waals surface area contributed by atoms with E-state index in [1.165, 1.54) is 43.7 Å². The molecule has 1 aromatic heterocycles. The van der Waals surface area contributed by atoms with Crippen molar-refractivity contribution in [3.63, 3.8) is 0 Å². The van der Waals surface area contributed by atoms with Crippen LogP contribution in [0.15, 0.2) is 18.5 Å². The molecule has 0 spiro atoms. The maximum Gasteiger partial charge on any atom is 0.0443 e. The molecule has 19 heavy (non-hydrogen) atoms. The zero-order chi connectivity index (χ0) is 13.1. The summed E-state index contributed by atoms with van der Waals surface area (Å²) in [5.41, 5.74) is 2.66. The maximum atomic E-state index is 4.24. The van der Waals surface area contributed by atoms with E-state index in [4.69, 9.17) is 0 Å². The van der Waals surface area contributed by atoms with Crippen LogP contribution < -0.4 is 10.2 Å². The fourth-order valence-electron chi connectivity index (χ4n) is 2.89. The monoisotopic (exact) mass is 260 g/mol. The lowest BCUT2D eigenvalue weighted by Crippen LogP contribution is -2.47. The van der Waals surface area contributed by atoms with Gasteiger partial charge >= 0.3 is 0 Å². The van der Waals surface area contributed by atoms with Gasteiger partial charge in [0.25, 0.3) is 0 Å². The smallest absolute Gasteiger partial charge is 0.0443 e. The van der Waals surface area contributed by atoms with E-state index in [1.54, 1.807) is 0 Å². The average molecular weight is 260 g/mol. The number of piperazine rings is 1. The van der Waals surface area contributed by atoms with Crippen LogP contribution in [0.3, 0.4) is 0 Å². The first-order valence-electron chi connectivity index (χ1n) is 7.41. The van der Waals surface area contributed by atoms with Gasteiger partial charge in [-0.25, -0.2) is 0 Å². The summed E-state index contributed by atoms with van der Waals surface area (Å²) in [4.78, 5) is 9.39. The fourth-order valence-corrected chi connectivity index (χ4v) is 2.89. The van der Waals surface area contributed by atoms with Crippen LogP contribution in [0.4, 0.5) is 5.69 Å². The van der Waals surface area contributed by atoms with Crippen LogP contribution in [0, 0.1) is 5.92 Å². The topological polar surface area (TPSA) is 31.4 Å². The van der Waals surface area contributed by atoms with Crippen LogP contribution in [-0.4, -0.2) is 49.7 Å². The van der Waals surface area contributed by atoms with Crippen molar-refractivity contribution in [3.05, 3.63) is 24.0 Å². The van der Waals surface area contributed by atoms with E-state index < -0.39 is 0 Å². The Bertz CT molecular complexity index is 408. The molecular formula is C15H24N4. The predicted molar refractivity (Wildman–Crippen MR) is 78.4 cm³/mol. The van der Waals surface area contributed by atoms with Crippen LogP contribution in [0.25, 0.3) is 0 Å². The molecule has 3 rings (SSSR count). The van der Waals surface area contributed by atoms with Crippen molar-refractivity contribution < 1.29 is 0 Å². The van der Waals surface area contributed by atoms with Gasteiger partial charge < -0.3 is 10.2 Å². The predicted octanol–water partition coefficient (Wildman–Crippen LogP) is 1.33. The Balaban J connectivity index is 1.60. The van der Waals surface area contributed by atoms with Gasteiger partial charge in [-0.1, -0.05) is 0 Å². The summed E-state index contributed by atoms with van der Waals surface area (Å²) >= 11 is 0. The molecule has 0 unspecified atom stereocenters. The summed E-state index contributed by atoms with van der Waals surface area (Å²) in [5, 5.41) is 3.23. The highest BCUT2D eigenvalue weighted by Gasteiger charge is 2.26. The first-order chi connectivity index (χ1) is 9.36. The van der Waals surface area contributed by atoms with E-state index in [2.05, 4.69) is 26.2 Å². The molecule has 1 aromatic rings. The molecule has 4 heteroatoms. The minimum absolute atomic E-state index is 0.894. The molecule has 1 saturated carbocycles. The van der Waals surface area contributed by atoms with E-state index in [-0.39, 0.29) is 0 Å². The van der Waals surface area contributed by atoms with Gasteiger partial charge in [-0.15, -0.1) is 0 Å². The second kappa shape index (κ2) is 5.88. The van der Waals surface area contributed by atoms with Crippen molar-refractivity contribution >= 4 is 5.69 Å². The third-order valence-corrected chi connectivity index (χ3v) is 4.17. The molecule has 2 aliphatic rings. The summed E-state index contributed by atoms with van der Waals surface area (Å²) < 4.78 is 0. The van der Waals surface area contributed by atoms with Gasteiger partial charge in [-0.3, -0.25) is 9.88 Å².